The van der Waals surface area contributed by atoms with Gasteiger partial charge in [0, 0.05) is 6.54 Å². The second kappa shape index (κ2) is 14.8. The molecule has 6 heteroatoms. The van der Waals surface area contributed by atoms with Crippen LogP contribution in [0.25, 0.3) is 0 Å². The topological polar surface area (TPSA) is 37.4 Å². The van der Waals surface area contributed by atoms with E-state index in [1.54, 1.807) is 0 Å². The maximum absolute atomic E-state index is 13.0. The summed E-state index contributed by atoms with van der Waals surface area (Å²) in [4.78, 5) is 27.4. The van der Waals surface area contributed by atoms with Crippen molar-refractivity contribution < 1.29 is 9.59 Å². The fraction of sp³-hybridized carbons (Fsp3) is 0.760. The minimum absolute atomic E-state index is 0.124. The van der Waals surface area contributed by atoms with Crippen LogP contribution in [0, 0.1) is 5.92 Å². The molecule has 176 valence electrons. The minimum Gasteiger partial charge on any atom is -0.274 e. The van der Waals surface area contributed by atoms with Gasteiger partial charge in [-0.3, -0.25) is 14.5 Å². The molecule has 2 rings (SSSR count). The van der Waals surface area contributed by atoms with Gasteiger partial charge in [0.2, 0.25) is 0 Å². The Bertz CT molecular complexity index is 667. The molecule has 2 heterocycles. The lowest BCUT2D eigenvalue weighted by Gasteiger charge is -2.23. The van der Waals surface area contributed by atoms with E-state index in [0.29, 0.717) is 23.6 Å². The third kappa shape index (κ3) is 8.26. The van der Waals surface area contributed by atoms with Gasteiger partial charge in [-0.2, -0.15) is 0 Å². The molecule has 0 aliphatic carbocycles. The summed E-state index contributed by atoms with van der Waals surface area (Å²) in [7, 11) is 0. The van der Waals surface area contributed by atoms with Crippen LogP contribution in [-0.4, -0.2) is 23.3 Å². The summed E-state index contributed by atoms with van der Waals surface area (Å²) >= 11 is 8.35. The van der Waals surface area contributed by atoms with E-state index in [9.17, 15) is 9.59 Å². The molecule has 1 aliphatic rings. The van der Waals surface area contributed by atoms with Crippen molar-refractivity contribution in [2.45, 2.75) is 110 Å². The van der Waals surface area contributed by atoms with Crippen LogP contribution in [0.3, 0.4) is 0 Å². The molecule has 1 unspecified atom stereocenters. The van der Waals surface area contributed by atoms with Crippen molar-refractivity contribution >= 4 is 55.0 Å². The zero-order chi connectivity index (χ0) is 22.6. The van der Waals surface area contributed by atoms with E-state index in [1.165, 1.54) is 99.7 Å². The second-order valence-electron chi connectivity index (χ2n) is 8.95. The van der Waals surface area contributed by atoms with Crippen LogP contribution in [-0.2, 0) is 0 Å². The summed E-state index contributed by atoms with van der Waals surface area (Å²) in [5, 5.41) is 0. The van der Waals surface area contributed by atoms with Crippen molar-refractivity contribution in [3.63, 3.8) is 0 Å². The molecule has 0 radical (unpaired) electrons. The van der Waals surface area contributed by atoms with Crippen LogP contribution < -0.4 is 0 Å². The number of nitrogens with zero attached hydrogens (tertiary/aromatic N) is 1. The van der Waals surface area contributed by atoms with Gasteiger partial charge in [0.25, 0.3) is 11.8 Å². The van der Waals surface area contributed by atoms with Gasteiger partial charge in [-0.25, -0.2) is 0 Å². The molecule has 0 fully saturated rings. The maximum atomic E-state index is 13.0. The molecule has 31 heavy (non-hydrogen) atoms. The highest BCUT2D eigenvalue weighted by molar-refractivity contribution is 9.12. The Kier molecular flexibility index (Phi) is 13.0. The highest BCUT2D eigenvalue weighted by atomic mass is 79.9. The molecular weight excluding hydrogens is 538 g/mol. The van der Waals surface area contributed by atoms with Crippen molar-refractivity contribution in [3.05, 3.63) is 18.7 Å². The summed E-state index contributed by atoms with van der Waals surface area (Å²) < 4.78 is 1.52. The SMILES string of the molecule is CCCCCCCCCC(CCCCCCCC)CN1C(=O)c2c(Br)sc(Br)c2C1=O. The van der Waals surface area contributed by atoms with E-state index in [2.05, 4.69) is 45.7 Å². The Morgan fingerprint density at radius 2 is 1.06 bits per heavy atom. The van der Waals surface area contributed by atoms with E-state index < -0.39 is 0 Å². The van der Waals surface area contributed by atoms with Gasteiger partial charge < -0.3 is 0 Å². The number of imide groups is 1. The highest BCUT2D eigenvalue weighted by Gasteiger charge is 2.41. The summed E-state index contributed by atoms with van der Waals surface area (Å²) in [5.41, 5.74) is 1.10. The van der Waals surface area contributed by atoms with Crippen LogP contribution in [0.5, 0.6) is 0 Å². The smallest absolute Gasteiger partial charge is 0.263 e. The average Bonchev–Trinajstić information content (AvgIpc) is 3.18. The summed E-state index contributed by atoms with van der Waals surface area (Å²) in [5.74, 6) is 0.169. The van der Waals surface area contributed by atoms with Crippen molar-refractivity contribution in [2.24, 2.45) is 5.92 Å². The zero-order valence-corrected chi connectivity index (χ0v) is 23.3. The molecule has 1 aliphatic heterocycles. The third-order valence-corrected chi connectivity index (χ3v) is 8.89. The van der Waals surface area contributed by atoms with Gasteiger partial charge in [0.1, 0.15) is 0 Å². The number of rotatable bonds is 17. The standard InChI is InChI=1S/C25H39Br2NO2S/c1-3-5-7-9-11-13-15-17-19(16-14-12-10-8-6-4-2)18-28-24(29)20-21(25(28)30)23(27)31-22(20)26/h19H,3-18H2,1-2H3. The first-order valence-electron chi connectivity index (χ1n) is 12.3. The number of unbranched alkanes of at least 4 members (excludes halogenated alkanes) is 11. The largest absolute Gasteiger partial charge is 0.274 e. The Morgan fingerprint density at radius 1 is 0.677 bits per heavy atom. The van der Waals surface area contributed by atoms with Crippen molar-refractivity contribution in [1.29, 1.82) is 0 Å². The zero-order valence-electron chi connectivity index (χ0n) is 19.3. The van der Waals surface area contributed by atoms with Crippen molar-refractivity contribution in [3.8, 4) is 0 Å². The monoisotopic (exact) mass is 575 g/mol. The van der Waals surface area contributed by atoms with Gasteiger partial charge in [-0.15, -0.1) is 11.3 Å². The molecule has 2 amide bonds. The van der Waals surface area contributed by atoms with Gasteiger partial charge in [-0.05, 0) is 50.6 Å². The number of hydrogen-bond donors (Lipinski definition) is 0. The van der Waals surface area contributed by atoms with E-state index in [1.807, 2.05) is 0 Å². The van der Waals surface area contributed by atoms with E-state index in [0.717, 1.165) is 20.4 Å². The number of carbonyl (C=O) groups is 2. The lowest BCUT2D eigenvalue weighted by atomic mass is 9.93. The molecule has 3 nitrogen and oxygen atoms in total. The fourth-order valence-corrected chi connectivity index (χ4v) is 7.57. The van der Waals surface area contributed by atoms with E-state index in [4.69, 9.17) is 0 Å². The Labute approximate surface area is 210 Å². The molecule has 1 atom stereocenters. The van der Waals surface area contributed by atoms with E-state index >= 15 is 0 Å². The summed E-state index contributed by atoms with van der Waals surface area (Å²) in [6.45, 7) is 5.07. The Morgan fingerprint density at radius 3 is 1.48 bits per heavy atom. The van der Waals surface area contributed by atoms with Gasteiger partial charge in [0.05, 0.1) is 18.7 Å². The van der Waals surface area contributed by atoms with Gasteiger partial charge in [-0.1, -0.05) is 97.3 Å². The molecule has 0 aromatic carbocycles. The van der Waals surface area contributed by atoms with Gasteiger partial charge >= 0.3 is 0 Å². The normalized spacial score (nSPS) is 14.5. The molecule has 1 aromatic heterocycles. The first kappa shape index (κ1) is 27.0. The number of halogens is 2. The van der Waals surface area contributed by atoms with Crippen molar-refractivity contribution in [2.75, 3.05) is 6.54 Å². The minimum atomic E-state index is -0.124. The maximum Gasteiger partial charge on any atom is 0.263 e. The molecule has 0 saturated heterocycles. The number of thiophene rings is 1. The van der Waals surface area contributed by atoms with Crippen molar-refractivity contribution in [1.82, 2.24) is 4.90 Å². The van der Waals surface area contributed by atoms with Crippen LogP contribution in [0.1, 0.15) is 131 Å². The van der Waals surface area contributed by atoms with Crippen LogP contribution in [0.15, 0.2) is 7.57 Å². The fourth-order valence-electron chi connectivity index (χ4n) is 4.48. The predicted molar refractivity (Wildman–Crippen MR) is 139 cm³/mol. The lowest BCUT2D eigenvalue weighted by Crippen LogP contribution is -2.35. The first-order valence-corrected chi connectivity index (χ1v) is 14.7. The number of fused-ring (bicyclic) bond motifs is 1. The molecule has 1 aromatic rings. The first-order chi connectivity index (χ1) is 15.0. The molecular formula is C25H39Br2NO2S. The quantitative estimate of drug-likeness (QED) is 0.137. The van der Waals surface area contributed by atoms with E-state index in [-0.39, 0.29) is 11.8 Å². The lowest BCUT2D eigenvalue weighted by molar-refractivity contribution is 0.0621. The van der Waals surface area contributed by atoms with Crippen LogP contribution in [0.4, 0.5) is 0 Å². The second-order valence-corrected chi connectivity index (χ2v) is 12.6. The third-order valence-electron chi connectivity index (χ3n) is 6.36. The van der Waals surface area contributed by atoms with Crippen LogP contribution >= 0.6 is 43.2 Å². The molecule has 0 spiro atoms. The molecule has 0 saturated carbocycles. The van der Waals surface area contributed by atoms with Crippen LogP contribution in [0.2, 0.25) is 0 Å². The molecule has 0 bridgehead atoms. The Balaban J connectivity index is 1.87. The Hall–Kier alpha value is -0.200. The number of amides is 2. The van der Waals surface area contributed by atoms with Gasteiger partial charge in [0.15, 0.2) is 0 Å². The number of hydrogen-bond acceptors (Lipinski definition) is 3. The number of carbonyl (C=O) groups excluding carboxylic acids is 2. The summed E-state index contributed by atoms with van der Waals surface area (Å²) in [6, 6.07) is 0. The average molecular weight is 577 g/mol. The predicted octanol–water partition coefficient (Wildman–Crippen LogP) is 9.38. The summed E-state index contributed by atoms with van der Waals surface area (Å²) in [6.07, 6.45) is 19.0. The molecule has 0 N–H and O–H groups in total. The highest BCUT2D eigenvalue weighted by Crippen LogP contribution is 2.42.